The molecule has 2 N–H and O–H groups in total. The molecule has 2 aliphatic rings. The Morgan fingerprint density at radius 2 is 1.67 bits per heavy atom. The lowest BCUT2D eigenvalue weighted by Gasteiger charge is -2.46. The van der Waals surface area contributed by atoms with E-state index in [1.54, 1.807) is 6.20 Å². The lowest BCUT2D eigenvalue weighted by atomic mass is 9.78. The summed E-state index contributed by atoms with van der Waals surface area (Å²) in [5.74, 6) is 2.15. The molecule has 0 unspecified atom stereocenters. The number of piperazine rings is 1. The molecule has 2 aromatic carbocycles. The molecule has 1 aliphatic heterocycles. The van der Waals surface area contributed by atoms with Gasteiger partial charge in [0, 0.05) is 73.5 Å². The zero-order chi connectivity index (χ0) is 29.7. The van der Waals surface area contributed by atoms with Crippen molar-refractivity contribution < 1.29 is 4.79 Å². The van der Waals surface area contributed by atoms with Crippen molar-refractivity contribution in [1.29, 1.82) is 0 Å². The molecule has 0 atom stereocenters. The summed E-state index contributed by atoms with van der Waals surface area (Å²) in [5.41, 5.74) is 12.1. The van der Waals surface area contributed by atoms with Crippen molar-refractivity contribution in [3.05, 3.63) is 78.9 Å². The molecule has 0 radical (unpaired) electrons. The van der Waals surface area contributed by atoms with E-state index < -0.39 is 0 Å². The van der Waals surface area contributed by atoms with Crippen molar-refractivity contribution in [2.45, 2.75) is 52.0 Å². The second-order valence-corrected chi connectivity index (χ2v) is 13.3. The van der Waals surface area contributed by atoms with Gasteiger partial charge in [0.1, 0.15) is 22.9 Å². The molecule has 1 saturated heterocycles. The molecule has 8 heteroatoms. The van der Waals surface area contributed by atoms with Gasteiger partial charge in [-0.25, -0.2) is 15.0 Å². The third-order valence-corrected chi connectivity index (χ3v) is 8.99. The van der Waals surface area contributed by atoms with Crippen molar-refractivity contribution in [3.63, 3.8) is 0 Å². The van der Waals surface area contributed by atoms with Crippen molar-refractivity contribution in [1.82, 2.24) is 29.2 Å². The van der Waals surface area contributed by atoms with Crippen LogP contribution in [0.3, 0.4) is 0 Å². The van der Waals surface area contributed by atoms with E-state index in [1.165, 1.54) is 0 Å². The van der Waals surface area contributed by atoms with Crippen molar-refractivity contribution in [2.75, 3.05) is 31.9 Å². The SMILES string of the molecule is CC(C)(C)CC(=O)N1CCN(C2CC(c3nc(-c4ccc5ccc(-c6ccccc6)nc5c4)c4c(N)nccn34)C2)CC1. The summed E-state index contributed by atoms with van der Waals surface area (Å²) in [7, 11) is 0. The Hall–Kier alpha value is -4.30. The molecule has 220 valence electrons. The Bertz CT molecular complexity index is 1790. The standard InChI is InChI=1S/C35H39N7O/c1-35(2,3)22-30(43)41-17-15-40(16-18-41)27-19-26(20-27)34-39-31(32-33(36)37-13-14-42(32)34)25-10-9-24-11-12-28(38-29(24)21-25)23-7-5-4-6-8-23/h4-14,21,26-27H,15-20,22H2,1-3H3,(H2,36,37). The minimum Gasteiger partial charge on any atom is -0.382 e. The summed E-state index contributed by atoms with van der Waals surface area (Å²) in [4.78, 5) is 31.9. The lowest BCUT2D eigenvalue weighted by Crippen LogP contribution is -2.55. The number of carbonyl (C=O) groups excluding carboxylic acids is 1. The molecule has 1 amide bonds. The van der Waals surface area contributed by atoms with Gasteiger partial charge < -0.3 is 10.6 Å². The largest absolute Gasteiger partial charge is 0.382 e. The highest BCUT2D eigenvalue weighted by atomic mass is 16.2. The van der Waals surface area contributed by atoms with E-state index >= 15 is 0 Å². The molecule has 2 fully saturated rings. The van der Waals surface area contributed by atoms with Crippen LogP contribution >= 0.6 is 0 Å². The summed E-state index contributed by atoms with van der Waals surface area (Å²) in [6.45, 7) is 9.89. The van der Waals surface area contributed by atoms with Crippen LogP contribution in [0.15, 0.2) is 73.1 Å². The number of pyridine rings is 1. The van der Waals surface area contributed by atoms with Crippen LogP contribution in [-0.2, 0) is 4.79 Å². The molecule has 8 nitrogen and oxygen atoms in total. The fraction of sp³-hybridized carbons (Fsp3) is 0.371. The van der Waals surface area contributed by atoms with Gasteiger partial charge in [0.2, 0.25) is 5.91 Å². The lowest BCUT2D eigenvalue weighted by molar-refractivity contribution is -0.135. The molecule has 3 aromatic heterocycles. The molecule has 0 spiro atoms. The highest BCUT2D eigenvalue weighted by molar-refractivity contribution is 5.91. The molecular weight excluding hydrogens is 534 g/mol. The third-order valence-electron chi connectivity index (χ3n) is 8.99. The number of benzene rings is 2. The molecule has 4 heterocycles. The molecular formula is C35H39N7O. The molecule has 5 aromatic rings. The highest BCUT2D eigenvalue weighted by Crippen LogP contribution is 2.42. The number of carbonyl (C=O) groups is 1. The second kappa shape index (κ2) is 10.8. The number of nitrogens with zero attached hydrogens (tertiary/aromatic N) is 6. The van der Waals surface area contributed by atoms with Crippen LogP contribution in [0.2, 0.25) is 0 Å². The number of fused-ring (bicyclic) bond motifs is 2. The van der Waals surface area contributed by atoms with Crippen LogP contribution in [0.1, 0.15) is 51.8 Å². The maximum atomic E-state index is 12.7. The number of imidazole rings is 1. The van der Waals surface area contributed by atoms with E-state index in [-0.39, 0.29) is 11.3 Å². The van der Waals surface area contributed by atoms with E-state index in [9.17, 15) is 4.79 Å². The van der Waals surface area contributed by atoms with E-state index in [0.717, 1.165) is 83.8 Å². The molecule has 7 rings (SSSR count). The number of amides is 1. The topological polar surface area (TPSA) is 92.7 Å². The monoisotopic (exact) mass is 573 g/mol. The van der Waals surface area contributed by atoms with E-state index in [0.29, 0.717) is 24.2 Å². The average molecular weight is 574 g/mol. The predicted molar refractivity (Wildman–Crippen MR) is 172 cm³/mol. The van der Waals surface area contributed by atoms with Crippen LogP contribution < -0.4 is 5.73 Å². The van der Waals surface area contributed by atoms with Crippen LogP contribution in [0.25, 0.3) is 38.9 Å². The van der Waals surface area contributed by atoms with Gasteiger partial charge >= 0.3 is 0 Å². The van der Waals surface area contributed by atoms with Crippen LogP contribution in [0, 0.1) is 5.41 Å². The summed E-state index contributed by atoms with van der Waals surface area (Å²) in [6.07, 6.45) is 6.45. The first-order valence-corrected chi connectivity index (χ1v) is 15.3. The van der Waals surface area contributed by atoms with Crippen molar-refractivity contribution in [2.24, 2.45) is 5.41 Å². The first kappa shape index (κ1) is 27.5. The average Bonchev–Trinajstić information content (AvgIpc) is 3.36. The summed E-state index contributed by atoms with van der Waals surface area (Å²) in [5, 5.41) is 1.08. The Morgan fingerprint density at radius 3 is 2.42 bits per heavy atom. The smallest absolute Gasteiger partial charge is 0.223 e. The van der Waals surface area contributed by atoms with Crippen molar-refractivity contribution >= 4 is 28.1 Å². The summed E-state index contributed by atoms with van der Waals surface area (Å²) in [6, 6.07) is 21.3. The molecule has 0 bridgehead atoms. The Kier molecular flexibility index (Phi) is 6.89. The molecule has 1 aliphatic carbocycles. The number of rotatable bonds is 5. The maximum Gasteiger partial charge on any atom is 0.223 e. The fourth-order valence-corrected chi connectivity index (χ4v) is 6.61. The van der Waals surface area contributed by atoms with Gasteiger partial charge in [-0.15, -0.1) is 0 Å². The fourth-order valence-electron chi connectivity index (χ4n) is 6.61. The van der Waals surface area contributed by atoms with Crippen LogP contribution in [0.5, 0.6) is 0 Å². The van der Waals surface area contributed by atoms with Gasteiger partial charge in [0.25, 0.3) is 0 Å². The van der Waals surface area contributed by atoms with Gasteiger partial charge in [-0.2, -0.15) is 0 Å². The van der Waals surface area contributed by atoms with Crippen molar-refractivity contribution in [3.8, 4) is 22.5 Å². The van der Waals surface area contributed by atoms with E-state index in [2.05, 4.69) is 77.5 Å². The second-order valence-electron chi connectivity index (χ2n) is 13.3. The van der Waals surface area contributed by atoms with Crippen LogP contribution in [-0.4, -0.2) is 67.3 Å². The zero-order valence-electron chi connectivity index (χ0n) is 25.2. The number of hydrogen-bond acceptors (Lipinski definition) is 6. The number of aromatic nitrogens is 4. The van der Waals surface area contributed by atoms with Gasteiger partial charge in [-0.1, -0.05) is 69.3 Å². The van der Waals surface area contributed by atoms with E-state index in [4.69, 9.17) is 15.7 Å². The number of anilines is 1. The first-order chi connectivity index (χ1) is 20.7. The van der Waals surface area contributed by atoms with Gasteiger partial charge in [0.15, 0.2) is 0 Å². The summed E-state index contributed by atoms with van der Waals surface area (Å²) < 4.78 is 2.14. The highest BCUT2D eigenvalue weighted by Gasteiger charge is 2.39. The maximum absolute atomic E-state index is 12.7. The third kappa shape index (κ3) is 5.36. The molecule has 43 heavy (non-hydrogen) atoms. The molecule has 1 saturated carbocycles. The van der Waals surface area contributed by atoms with Gasteiger partial charge in [-0.3, -0.25) is 14.1 Å². The number of nitrogen functional groups attached to an aromatic ring is 1. The Morgan fingerprint density at radius 1 is 0.930 bits per heavy atom. The predicted octanol–water partition coefficient (Wildman–Crippen LogP) is 6.02. The Balaban J connectivity index is 1.11. The first-order valence-electron chi connectivity index (χ1n) is 15.3. The minimum absolute atomic E-state index is 0.0224. The van der Waals surface area contributed by atoms with Gasteiger partial charge in [-0.05, 0) is 30.4 Å². The Labute approximate surface area is 252 Å². The number of nitrogens with two attached hydrogens (primary N) is 1. The quantitative estimate of drug-likeness (QED) is 0.276. The summed E-state index contributed by atoms with van der Waals surface area (Å²) >= 11 is 0. The van der Waals surface area contributed by atoms with Crippen LogP contribution in [0.4, 0.5) is 5.82 Å². The van der Waals surface area contributed by atoms with Gasteiger partial charge in [0.05, 0.1) is 11.2 Å². The normalized spacial score (nSPS) is 19.6. The zero-order valence-corrected chi connectivity index (χ0v) is 25.2. The van der Waals surface area contributed by atoms with E-state index in [1.807, 2.05) is 29.3 Å². The number of hydrogen-bond donors (Lipinski definition) is 1. The minimum atomic E-state index is 0.0224.